The number of nitrogens with one attached hydrogen (secondary N) is 1. The van der Waals surface area contributed by atoms with Crippen molar-refractivity contribution in [2.75, 3.05) is 0 Å². The first-order chi connectivity index (χ1) is 13.3. The number of aromatic nitrogens is 1. The van der Waals surface area contributed by atoms with Crippen molar-refractivity contribution >= 4 is 55.6 Å². The number of carbonyl (C=O) groups excluding carboxylic acids is 1. The van der Waals surface area contributed by atoms with Crippen LogP contribution in [0.2, 0.25) is 0 Å². The maximum absolute atomic E-state index is 11.9. The first-order valence-electron chi connectivity index (χ1n) is 7.61. The highest BCUT2D eigenvalue weighted by Crippen LogP contribution is 2.37. The van der Waals surface area contributed by atoms with Crippen LogP contribution in [-0.4, -0.2) is 34.1 Å². The number of rotatable bonds is 3. The number of aliphatic imine (C=N–C) groups is 1. The average Bonchev–Trinajstić information content (AvgIpc) is 3.32. The van der Waals surface area contributed by atoms with Crippen molar-refractivity contribution in [1.82, 2.24) is 4.98 Å². The van der Waals surface area contributed by atoms with E-state index in [0.717, 1.165) is 17.8 Å². The van der Waals surface area contributed by atoms with Crippen LogP contribution in [0.3, 0.4) is 0 Å². The molecule has 0 radical (unpaired) electrons. The van der Waals surface area contributed by atoms with Gasteiger partial charge in [-0.1, -0.05) is 0 Å². The Bertz CT molecular complexity index is 1290. The lowest BCUT2D eigenvalue weighted by Crippen LogP contribution is -1.96. The number of H-pyrrole nitrogens is 1. The molecule has 3 aromatic rings. The number of furan rings is 1. The van der Waals surface area contributed by atoms with E-state index in [9.17, 15) is 22.9 Å². The summed E-state index contributed by atoms with van der Waals surface area (Å²) in [6, 6.07) is 7.05. The van der Waals surface area contributed by atoms with Crippen molar-refractivity contribution in [3.05, 3.63) is 47.3 Å². The fourth-order valence-corrected chi connectivity index (χ4v) is 3.66. The standard InChI is InChI=1S/C16H10N4O6S2/c21-14-12(6-8-2-1-5-26-8)27-16(18-14)20-19-13-10-7-9(28(23,24)25)3-4-11(10)17-15(13)22/h1-7,17,22H,(H,23,24,25)/b12-6-,20-19?. The number of nitrogens with zero attached hydrogens (tertiary/aromatic N) is 3. The molecule has 12 heteroatoms. The molecule has 3 heterocycles. The molecular weight excluding hydrogens is 408 g/mol. The van der Waals surface area contributed by atoms with Crippen LogP contribution in [0.25, 0.3) is 17.0 Å². The van der Waals surface area contributed by atoms with Crippen molar-refractivity contribution in [2.45, 2.75) is 4.90 Å². The van der Waals surface area contributed by atoms with Crippen molar-refractivity contribution in [3.63, 3.8) is 0 Å². The Kier molecular flexibility index (Phi) is 4.37. The Balaban J connectivity index is 1.65. The van der Waals surface area contributed by atoms with E-state index >= 15 is 0 Å². The molecule has 1 aliphatic rings. The number of aromatic hydroxyl groups is 1. The largest absolute Gasteiger partial charge is 0.493 e. The number of fused-ring (bicyclic) bond motifs is 1. The molecule has 3 N–H and O–H groups in total. The molecule has 0 unspecified atom stereocenters. The van der Waals surface area contributed by atoms with Gasteiger partial charge in [0.2, 0.25) is 11.0 Å². The highest BCUT2D eigenvalue weighted by atomic mass is 32.2. The summed E-state index contributed by atoms with van der Waals surface area (Å²) in [5, 5.41) is 18.0. The number of hydrogen-bond donors (Lipinski definition) is 3. The Morgan fingerprint density at radius 3 is 2.79 bits per heavy atom. The minimum absolute atomic E-state index is 0.0440. The summed E-state index contributed by atoms with van der Waals surface area (Å²) in [5.74, 6) is -0.379. The molecule has 1 amide bonds. The summed E-state index contributed by atoms with van der Waals surface area (Å²) >= 11 is 0.971. The van der Waals surface area contributed by atoms with E-state index < -0.39 is 16.0 Å². The normalized spacial score (nSPS) is 16.5. The monoisotopic (exact) mass is 418 g/mol. The van der Waals surface area contributed by atoms with Gasteiger partial charge in [0.05, 0.1) is 21.6 Å². The second-order valence-electron chi connectivity index (χ2n) is 5.53. The minimum Gasteiger partial charge on any atom is -0.493 e. The molecule has 1 aliphatic heterocycles. The maximum Gasteiger partial charge on any atom is 0.294 e. The zero-order valence-electron chi connectivity index (χ0n) is 13.7. The number of amides is 1. The van der Waals surface area contributed by atoms with Gasteiger partial charge in [-0.15, -0.1) is 10.2 Å². The number of aromatic amines is 1. The number of azo groups is 1. The Morgan fingerprint density at radius 2 is 2.07 bits per heavy atom. The quantitative estimate of drug-likeness (QED) is 0.334. The molecule has 2 aromatic heterocycles. The zero-order valence-corrected chi connectivity index (χ0v) is 15.4. The number of hydrogen-bond acceptors (Lipinski definition) is 8. The summed E-state index contributed by atoms with van der Waals surface area (Å²) in [4.78, 5) is 18.2. The van der Waals surface area contributed by atoms with E-state index in [0.29, 0.717) is 16.2 Å². The van der Waals surface area contributed by atoms with Crippen LogP contribution in [0, 0.1) is 0 Å². The number of amidine groups is 1. The molecule has 0 aliphatic carbocycles. The molecule has 28 heavy (non-hydrogen) atoms. The SMILES string of the molecule is O=C1N=C(N=Nc2c(O)[nH]c3ccc(S(=O)(=O)O)cc23)S/C1=C\c1ccco1. The number of benzene rings is 1. The molecule has 142 valence electrons. The van der Waals surface area contributed by atoms with Crippen LogP contribution in [0.15, 0.2) is 66.0 Å². The Labute approximate surface area is 161 Å². The minimum atomic E-state index is -4.43. The lowest BCUT2D eigenvalue weighted by molar-refractivity contribution is -0.113. The van der Waals surface area contributed by atoms with E-state index in [1.54, 1.807) is 12.1 Å². The zero-order chi connectivity index (χ0) is 19.9. The highest BCUT2D eigenvalue weighted by molar-refractivity contribution is 8.18. The van der Waals surface area contributed by atoms with Crippen molar-refractivity contribution in [2.24, 2.45) is 15.2 Å². The van der Waals surface area contributed by atoms with Crippen LogP contribution in [-0.2, 0) is 14.9 Å². The highest BCUT2D eigenvalue weighted by Gasteiger charge is 2.23. The van der Waals surface area contributed by atoms with E-state index in [4.69, 9.17) is 4.42 Å². The van der Waals surface area contributed by atoms with Gasteiger partial charge in [-0.25, -0.2) is 0 Å². The predicted molar refractivity (Wildman–Crippen MR) is 101 cm³/mol. The lowest BCUT2D eigenvalue weighted by Gasteiger charge is -1.97. The van der Waals surface area contributed by atoms with Crippen LogP contribution < -0.4 is 0 Å². The van der Waals surface area contributed by atoms with Crippen LogP contribution >= 0.6 is 11.8 Å². The van der Waals surface area contributed by atoms with E-state index in [1.165, 1.54) is 24.5 Å². The van der Waals surface area contributed by atoms with Crippen LogP contribution in [0.5, 0.6) is 5.88 Å². The van der Waals surface area contributed by atoms with Gasteiger partial charge < -0.3 is 14.5 Å². The molecule has 0 bridgehead atoms. The molecule has 4 rings (SSSR count). The Hall–Kier alpha value is -3.22. The summed E-state index contributed by atoms with van der Waals surface area (Å²) in [6.45, 7) is 0. The van der Waals surface area contributed by atoms with Gasteiger partial charge in [0.25, 0.3) is 16.0 Å². The topological polar surface area (TPSA) is 158 Å². The van der Waals surface area contributed by atoms with Crippen molar-refractivity contribution in [1.29, 1.82) is 0 Å². The average molecular weight is 418 g/mol. The van der Waals surface area contributed by atoms with Crippen LogP contribution in [0.1, 0.15) is 5.76 Å². The second-order valence-corrected chi connectivity index (χ2v) is 7.96. The number of thioether (sulfide) groups is 1. The summed E-state index contributed by atoms with van der Waals surface area (Å²) < 4.78 is 37.0. The van der Waals surface area contributed by atoms with Crippen molar-refractivity contribution in [3.8, 4) is 5.88 Å². The second kappa shape index (κ2) is 6.74. The first kappa shape index (κ1) is 18.2. The van der Waals surface area contributed by atoms with Crippen molar-refractivity contribution < 1.29 is 27.3 Å². The lowest BCUT2D eigenvalue weighted by atomic mass is 10.2. The third-order valence-corrected chi connectivity index (χ3v) is 5.40. The van der Waals surface area contributed by atoms with E-state index in [1.807, 2.05) is 0 Å². The molecule has 0 saturated heterocycles. The van der Waals surface area contributed by atoms with Crippen LogP contribution in [0.4, 0.5) is 5.69 Å². The fraction of sp³-hybridized carbons (Fsp3) is 0. The van der Waals surface area contributed by atoms with E-state index in [2.05, 4.69) is 20.2 Å². The van der Waals surface area contributed by atoms with Gasteiger partial charge in [-0.3, -0.25) is 9.35 Å². The molecule has 0 saturated carbocycles. The van der Waals surface area contributed by atoms with E-state index in [-0.39, 0.29) is 27.0 Å². The molecule has 0 spiro atoms. The van der Waals surface area contributed by atoms with Gasteiger partial charge in [0, 0.05) is 11.5 Å². The van der Waals surface area contributed by atoms with Gasteiger partial charge in [0.1, 0.15) is 5.76 Å². The third kappa shape index (κ3) is 3.47. The maximum atomic E-state index is 11.9. The first-order valence-corrected chi connectivity index (χ1v) is 9.87. The van der Waals surface area contributed by atoms with Gasteiger partial charge in [0.15, 0.2) is 5.69 Å². The van der Waals surface area contributed by atoms with Gasteiger partial charge >= 0.3 is 0 Å². The summed E-state index contributed by atoms with van der Waals surface area (Å²) in [5.41, 5.74) is 0.328. The molecule has 10 nitrogen and oxygen atoms in total. The summed E-state index contributed by atoms with van der Waals surface area (Å²) in [6.07, 6.45) is 2.99. The fourth-order valence-electron chi connectivity index (χ4n) is 2.44. The van der Waals surface area contributed by atoms with Gasteiger partial charge in [-0.2, -0.15) is 13.4 Å². The number of carbonyl (C=O) groups is 1. The predicted octanol–water partition coefficient (Wildman–Crippen LogP) is 3.47. The smallest absolute Gasteiger partial charge is 0.294 e. The molecular formula is C16H10N4O6S2. The summed E-state index contributed by atoms with van der Waals surface area (Å²) in [7, 11) is -4.43. The molecule has 0 fully saturated rings. The molecule has 0 atom stereocenters. The van der Waals surface area contributed by atoms with Gasteiger partial charge in [-0.05, 0) is 42.1 Å². The third-order valence-electron chi connectivity index (χ3n) is 3.68. The Morgan fingerprint density at radius 1 is 1.25 bits per heavy atom. The molecule has 1 aromatic carbocycles.